The minimum Gasteiger partial charge on any atom is -0.344 e. The number of amides is 1. The molecule has 4 nitrogen and oxygen atoms in total. The van der Waals surface area contributed by atoms with Crippen molar-refractivity contribution >= 4 is 5.91 Å². The molecule has 0 aliphatic carbocycles. The standard InChI is InChI=1S/C16H27N3O/c1-12(2)10-19(11-14-6-5-9-17-14)16(20)15-8-7-13(3)18(15)4/h7-8,12,14,17H,5-6,9-11H2,1-4H3. The third kappa shape index (κ3) is 3.42. The zero-order chi connectivity index (χ0) is 14.7. The number of nitrogens with zero attached hydrogens (tertiary/aromatic N) is 2. The van der Waals surface area contributed by atoms with E-state index in [0.29, 0.717) is 12.0 Å². The Hall–Kier alpha value is -1.29. The molecule has 0 saturated carbocycles. The molecule has 1 aromatic rings. The highest BCUT2D eigenvalue weighted by molar-refractivity contribution is 5.93. The first kappa shape index (κ1) is 15.1. The van der Waals surface area contributed by atoms with Crippen molar-refractivity contribution < 1.29 is 4.79 Å². The van der Waals surface area contributed by atoms with Crippen molar-refractivity contribution in [1.82, 2.24) is 14.8 Å². The van der Waals surface area contributed by atoms with Crippen LogP contribution >= 0.6 is 0 Å². The number of rotatable bonds is 5. The van der Waals surface area contributed by atoms with E-state index in [1.165, 1.54) is 12.8 Å². The number of nitrogens with one attached hydrogen (secondary N) is 1. The monoisotopic (exact) mass is 277 g/mol. The van der Waals surface area contributed by atoms with Crippen molar-refractivity contribution in [2.24, 2.45) is 13.0 Å². The van der Waals surface area contributed by atoms with Crippen molar-refractivity contribution in [2.45, 2.75) is 39.7 Å². The number of hydrogen-bond donors (Lipinski definition) is 1. The van der Waals surface area contributed by atoms with Crippen molar-refractivity contribution in [3.05, 3.63) is 23.5 Å². The van der Waals surface area contributed by atoms with E-state index in [1.807, 2.05) is 35.6 Å². The lowest BCUT2D eigenvalue weighted by atomic mass is 10.1. The Morgan fingerprint density at radius 1 is 1.50 bits per heavy atom. The fourth-order valence-corrected chi connectivity index (χ4v) is 2.85. The Labute approximate surface area is 122 Å². The minimum atomic E-state index is 0.156. The quantitative estimate of drug-likeness (QED) is 0.896. The van der Waals surface area contributed by atoms with Gasteiger partial charge in [0.05, 0.1) is 0 Å². The van der Waals surface area contributed by atoms with Gasteiger partial charge in [-0.1, -0.05) is 13.8 Å². The van der Waals surface area contributed by atoms with Crippen LogP contribution < -0.4 is 5.32 Å². The van der Waals surface area contributed by atoms with Gasteiger partial charge in [-0.15, -0.1) is 0 Å². The van der Waals surface area contributed by atoms with Crippen LogP contribution in [0.15, 0.2) is 12.1 Å². The summed E-state index contributed by atoms with van der Waals surface area (Å²) < 4.78 is 1.98. The van der Waals surface area contributed by atoms with Gasteiger partial charge >= 0.3 is 0 Å². The van der Waals surface area contributed by atoms with E-state index in [9.17, 15) is 4.79 Å². The zero-order valence-electron chi connectivity index (χ0n) is 13.1. The molecule has 2 heterocycles. The van der Waals surface area contributed by atoms with E-state index < -0.39 is 0 Å². The highest BCUT2D eigenvalue weighted by Gasteiger charge is 2.24. The lowest BCUT2D eigenvalue weighted by Gasteiger charge is -2.27. The van der Waals surface area contributed by atoms with Gasteiger partial charge in [-0.2, -0.15) is 0 Å². The minimum absolute atomic E-state index is 0.156. The van der Waals surface area contributed by atoms with Crippen LogP contribution in [0.2, 0.25) is 0 Å². The first-order valence-corrected chi connectivity index (χ1v) is 7.64. The Kier molecular flexibility index (Phi) is 4.86. The van der Waals surface area contributed by atoms with Crippen LogP contribution in [-0.4, -0.2) is 41.1 Å². The predicted molar refractivity (Wildman–Crippen MR) is 81.9 cm³/mol. The molecule has 1 aromatic heterocycles. The topological polar surface area (TPSA) is 37.3 Å². The van der Waals surface area contributed by atoms with E-state index in [0.717, 1.165) is 31.0 Å². The van der Waals surface area contributed by atoms with Crippen LogP contribution in [0.1, 0.15) is 42.9 Å². The Bertz CT molecular complexity index is 458. The van der Waals surface area contributed by atoms with Gasteiger partial charge in [-0.05, 0) is 44.4 Å². The first-order chi connectivity index (χ1) is 9.49. The number of hydrogen-bond acceptors (Lipinski definition) is 2. The molecular weight excluding hydrogens is 250 g/mol. The van der Waals surface area contributed by atoms with Gasteiger partial charge in [0.2, 0.25) is 0 Å². The number of aryl methyl sites for hydroxylation is 1. The maximum atomic E-state index is 12.8. The predicted octanol–water partition coefficient (Wildman–Crippen LogP) is 2.18. The van der Waals surface area contributed by atoms with Gasteiger partial charge in [0, 0.05) is 31.9 Å². The Morgan fingerprint density at radius 3 is 2.75 bits per heavy atom. The van der Waals surface area contributed by atoms with Gasteiger partial charge in [-0.25, -0.2) is 0 Å². The van der Waals surface area contributed by atoms with Gasteiger partial charge in [-0.3, -0.25) is 4.79 Å². The number of carbonyl (C=O) groups excluding carboxylic acids is 1. The molecule has 0 radical (unpaired) electrons. The van der Waals surface area contributed by atoms with E-state index in [2.05, 4.69) is 19.2 Å². The maximum Gasteiger partial charge on any atom is 0.270 e. The summed E-state index contributed by atoms with van der Waals surface area (Å²) in [7, 11) is 1.96. The number of aromatic nitrogens is 1. The van der Waals surface area contributed by atoms with Crippen LogP contribution in [-0.2, 0) is 7.05 Å². The highest BCUT2D eigenvalue weighted by Crippen LogP contribution is 2.14. The normalized spacial score (nSPS) is 18.8. The molecule has 1 aliphatic heterocycles. The van der Waals surface area contributed by atoms with Crippen LogP contribution in [0, 0.1) is 12.8 Å². The molecule has 0 spiro atoms. The molecule has 1 unspecified atom stereocenters. The average molecular weight is 277 g/mol. The fraction of sp³-hybridized carbons (Fsp3) is 0.688. The van der Waals surface area contributed by atoms with Gasteiger partial charge in [0.1, 0.15) is 5.69 Å². The summed E-state index contributed by atoms with van der Waals surface area (Å²) in [4.78, 5) is 14.8. The van der Waals surface area contributed by atoms with Gasteiger partial charge < -0.3 is 14.8 Å². The van der Waals surface area contributed by atoms with E-state index in [-0.39, 0.29) is 5.91 Å². The SMILES string of the molecule is Cc1ccc(C(=O)N(CC(C)C)CC2CCCN2)n1C. The molecule has 1 amide bonds. The molecule has 112 valence electrons. The third-order valence-corrected chi connectivity index (χ3v) is 4.07. The fourth-order valence-electron chi connectivity index (χ4n) is 2.85. The Morgan fingerprint density at radius 2 is 2.25 bits per heavy atom. The summed E-state index contributed by atoms with van der Waals surface area (Å²) in [6, 6.07) is 4.40. The molecule has 20 heavy (non-hydrogen) atoms. The smallest absolute Gasteiger partial charge is 0.270 e. The second-order valence-electron chi connectivity index (χ2n) is 6.32. The van der Waals surface area contributed by atoms with E-state index in [1.54, 1.807) is 0 Å². The molecule has 2 rings (SSSR count). The van der Waals surface area contributed by atoms with Crippen molar-refractivity contribution in [2.75, 3.05) is 19.6 Å². The lowest BCUT2D eigenvalue weighted by Crippen LogP contribution is -2.43. The molecule has 1 N–H and O–H groups in total. The molecule has 1 aliphatic rings. The van der Waals surface area contributed by atoms with Crippen LogP contribution in [0.4, 0.5) is 0 Å². The van der Waals surface area contributed by atoms with Crippen molar-refractivity contribution in [3.63, 3.8) is 0 Å². The van der Waals surface area contributed by atoms with Gasteiger partial charge in [0.15, 0.2) is 0 Å². The summed E-state index contributed by atoms with van der Waals surface area (Å²) in [5.41, 5.74) is 1.91. The first-order valence-electron chi connectivity index (χ1n) is 7.64. The largest absolute Gasteiger partial charge is 0.344 e. The molecule has 1 saturated heterocycles. The highest BCUT2D eigenvalue weighted by atomic mass is 16.2. The van der Waals surface area contributed by atoms with Crippen molar-refractivity contribution in [3.8, 4) is 0 Å². The average Bonchev–Trinajstić information content (AvgIpc) is 2.99. The summed E-state index contributed by atoms with van der Waals surface area (Å²) >= 11 is 0. The third-order valence-electron chi connectivity index (χ3n) is 4.07. The molecule has 4 heteroatoms. The Balaban J connectivity index is 2.12. The summed E-state index contributed by atoms with van der Waals surface area (Å²) in [5.74, 6) is 0.643. The van der Waals surface area contributed by atoms with E-state index in [4.69, 9.17) is 0 Å². The molecule has 0 aromatic carbocycles. The van der Waals surface area contributed by atoms with Gasteiger partial charge in [0.25, 0.3) is 5.91 Å². The van der Waals surface area contributed by atoms with Crippen LogP contribution in [0.3, 0.4) is 0 Å². The summed E-state index contributed by atoms with van der Waals surface area (Å²) in [5, 5.41) is 3.49. The number of carbonyl (C=O) groups is 1. The van der Waals surface area contributed by atoms with Crippen LogP contribution in [0.25, 0.3) is 0 Å². The maximum absolute atomic E-state index is 12.8. The second-order valence-corrected chi connectivity index (χ2v) is 6.32. The second kappa shape index (κ2) is 6.44. The molecule has 1 atom stereocenters. The van der Waals surface area contributed by atoms with Crippen LogP contribution in [0.5, 0.6) is 0 Å². The lowest BCUT2D eigenvalue weighted by molar-refractivity contribution is 0.0711. The molecule has 0 bridgehead atoms. The summed E-state index contributed by atoms with van der Waals surface area (Å²) in [6.07, 6.45) is 2.39. The zero-order valence-corrected chi connectivity index (χ0v) is 13.1. The van der Waals surface area contributed by atoms with Crippen molar-refractivity contribution in [1.29, 1.82) is 0 Å². The molecule has 1 fully saturated rings. The summed E-state index contributed by atoms with van der Waals surface area (Å²) in [6.45, 7) is 9.08. The molecular formula is C16H27N3O. The van der Waals surface area contributed by atoms with E-state index >= 15 is 0 Å².